The largest absolute Gasteiger partial charge is 0.378 e. The van der Waals surface area contributed by atoms with Gasteiger partial charge in [0.25, 0.3) is 0 Å². The second-order valence-electron chi connectivity index (χ2n) is 8.11. The van der Waals surface area contributed by atoms with Crippen LogP contribution in [-0.2, 0) is 9.53 Å². The Kier molecular flexibility index (Phi) is 6.51. The van der Waals surface area contributed by atoms with Gasteiger partial charge in [-0.2, -0.15) is 0 Å². The van der Waals surface area contributed by atoms with E-state index in [0.717, 1.165) is 26.0 Å². The van der Waals surface area contributed by atoms with Gasteiger partial charge in [-0.25, -0.2) is 0 Å². The molecule has 0 bridgehead atoms. The maximum Gasteiger partial charge on any atom is 0.221 e. The minimum Gasteiger partial charge on any atom is -0.378 e. The summed E-state index contributed by atoms with van der Waals surface area (Å²) < 4.78 is 5.40. The summed E-state index contributed by atoms with van der Waals surface area (Å²) in [5.41, 5.74) is 0.623. The number of hydrogen-bond donors (Lipinski definition) is 2. The van der Waals surface area contributed by atoms with Gasteiger partial charge < -0.3 is 15.4 Å². The van der Waals surface area contributed by atoms with E-state index in [1.807, 2.05) is 0 Å². The minimum absolute atomic E-state index is 0. The molecule has 0 aromatic carbocycles. The zero-order valence-electron chi connectivity index (χ0n) is 13.8. The fraction of sp³-hybridized carbons (Fsp3) is 0.938. The van der Waals surface area contributed by atoms with Crippen LogP contribution in [0.25, 0.3) is 0 Å². The smallest absolute Gasteiger partial charge is 0.221 e. The number of amides is 1. The van der Waals surface area contributed by atoms with Crippen LogP contribution in [0.3, 0.4) is 0 Å². The van der Waals surface area contributed by atoms with Crippen molar-refractivity contribution in [2.24, 2.45) is 10.8 Å². The van der Waals surface area contributed by atoms with Gasteiger partial charge >= 0.3 is 0 Å². The van der Waals surface area contributed by atoms with Gasteiger partial charge in [0.2, 0.25) is 5.91 Å². The van der Waals surface area contributed by atoms with Crippen molar-refractivity contribution in [3.05, 3.63) is 0 Å². The average molecular weight is 319 g/mol. The third kappa shape index (κ3) is 6.13. The zero-order valence-corrected chi connectivity index (χ0v) is 14.6. The lowest BCUT2D eigenvalue weighted by Crippen LogP contribution is -2.49. The Morgan fingerprint density at radius 2 is 1.86 bits per heavy atom. The molecule has 1 aliphatic heterocycles. The third-order valence-electron chi connectivity index (χ3n) is 4.35. The van der Waals surface area contributed by atoms with Gasteiger partial charge in [-0.3, -0.25) is 4.79 Å². The lowest BCUT2D eigenvalue weighted by Gasteiger charge is -2.45. The molecule has 1 atom stereocenters. The number of morpholine rings is 1. The predicted octanol–water partition coefficient (Wildman–Crippen LogP) is 2.51. The Bertz CT molecular complexity index is 336. The number of ether oxygens (including phenoxy) is 1. The Morgan fingerprint density at radius 1 is 1.24 bits per heavy atom. The molecule has 1 saturated heterocycles. The first-order valence-corrected chi connectivity index (χ1v) is 7.86. The third-order valence-corrected chi connectivity index (χ3v) is 4.35. The molecule has 124 valence electrons. The summed E-state index contributed by atoms with van der Waals surface area (Å²) in [6.07, 6.45) is 3.91. The minimum atomic E-state index is 0. The van der Waals surface area contributed by atoms with Crippen LogP contribution >= 0.6 is 12.4 Å². The van der Waals surface area contributed by atoms with Gasteiger partial charge in [0.15, 0.2) is 0 Å². The monoisotopic (exact) mass is 318 g/mol. The van der Waals surface area contributed by atoms with E-state index in [1.54, 1.807) is 0 Å². The SMILES string of the molecule is CC1(C)CC(NC(=O)CC2COCCN2)CC(C)(C)C1.Cl. The summed E-state index contributed by atoms with van der Waals surface area (Å²) >= 11 is 0. The first kappa shape index (κ1) is 18.7. The summed E-state index contributed by atoms with van der Waals surface area (Å²) in [4.78, 5) is 12.2. The van der Waals surface area contributed by atoms with E-state index in [-0.39, 0.29) is 24.4 Å². The molecule has 0 aromatic rings. The summed E-state index contributed by atoms with van der Waals surface area (Å²) in [7, 11) is 0. The van der Waals surface area contributed by atoms with Crippen molar-refractivity contribution in [3.8, 4) is 0 Å². The summed E-state index contributed by atoms with van der Waals surface area (Å²) in [6, 6.07) is 0.485. The van der Waals surface area contributed by atoms with E-state index in [2.05, 4.69) is 38.3 Å². The number of hydrogen-bond acceptors (Lipinski definition) is 3. The molecule has 0 spiro atoms. The highest BCUT2D eigenvalue weighted by Gasteiger charge is 2.38. The van der Waals surface area contributed by atoms with Crippen LogP contribution in [0.5, 0.6) is 0 Å². The molecule has 0 aromatic heterocycles. The fourth-order valence-corrected chi connectivity index (χ4v) is 4.21. The highest BCUT2D eigenvalue weighted by atomic mass is 35.5. The molecule has 2 aliphatic rings. The number of nitrogens with one attached hydrogen (secondary N) is 2. The normalized spacial score (nSPS) is 28.5. The van der Waals surface area contributed by atoms with Gasteiger partial charge in [-0.15, -0.1) is 12.4 Å². The average Bonchev–Trinajstić information content (AvgIpc) is 2.25. The molecular weight excluding hydrogens is 288 g/mol. The number of carbonyl (C=O) groups is 1. The van der Waals surface area contributed by atoms with E-state index in [9.17, 15) is 4.79 Å². The Labute approximate surface area is 135 Å². The summed E-state index contributed by atoms with van der Waals surface area (Å²) in [5, 5.41) is 6.58. The van der Waals surface area contributed by atoms with Crippen molar-refractivity contribution in [2.75, 3.05) is 19.8 Å². The Morgan fingerprint density at radius 3 is 2.38 bits per heavy atom. The number of rotatable bonds is 3. The maximum absolute atomic E-state index is 12.2. The molecule has 2 rings (SSSR count). The van der Waals surface area contributed by atoms with Crippen molar-refractivity contribution in [1.82, 2.24) is 10.6 Å². The number of carbonyl (C=O) groups excluding carboxylic acids is 1. The molecule has 2 N–H and O–H groups in total. The van der Waals surface area contributed by atoms with E-state index in [1.165, 1.54) is 6.42 Å². The van der Waals surface area contributed by atoms with Crippen molar-refractivity contribution < 1.29 is 9.53 Å². The quantitative estimate of drug-likeness (QED) is 0.840. The summed E-state index contributed by atoms with van der Waals surface area (Å²) in [6.45, 7) is 11.5. The van der Waals surface area contributed by atoms with Crippen LogP contribution in [0.1, 0.15) is 53.4 Å². The predicted molar refractivity (Wildman–Crippen MR) is 87.8 cm³/mol. The molecule has 1 aliphatic carbocycles. The van der Waals surface area contributed by atoms with Crippen LogP contribution in [-0.4, -0.2) is 37.7 Å². The van der Waals surface area contributed by atoms with Crippen LogP contribution in [0.4, 0.5) is 0 Å². The highest BCUT2D eigenvalue weighted by Crippen LogP contribution is 2.45. The van der Waals surface area contributed by atoms with Gasteiger partial charge in [0, 0.05) is 25.0 Å². The van der Waals surface area contributed by atoms with Crippen LogP contribution in [0.15, 0.2) is 0 Å². The Hall–Kier alpha value is -0.320. The lowest BCUT2D eigenvalue weighted by molar-refractivity contribution is -0.123. The molecule has 4 nitrogen and oxygen atoms in total. The van der Waals surface area contributed by atoms with Crippen LogP contribution in [0.2, 0.25) is 0 Å². The molecular formula is C16H31ClN2O2. The van der Waals surface area contributed by atoms with Gasteiger partial charge in [0.1, 0.15) is 0 Å². The molecule has 21 heavy (non-hydrogen) atoms. The molecule has 1 unspecified atom stereocenters. The standard InChI is InChI=1S/C16H30N2O2.ClH/c1-15(2)8-13(9-16(3,4)11-15)18-14(19)7-12-10-20-6-5-17-12;/h12-13,17H,5-11H2,1-4H3,(H,18,19);1H. The van der Waals surface area contributed by atoms with Crippen molar-refractivity contribution >= 4 is 18.3 Å². The molecule has 1 saturated carbocycles. The zero-order chi connectivity index (χ0) is 14.8. The maximum atomic E-state index is 12.2. The van der Waals surface area contributed by atoms with Gasteiger partial charge in [-0.05, 0) is 30.1 Å². The van der Waals surface area contributed by atoms with Crippen molar-refractivity contribution in [2.45, 2.75) is 65.5 Å². The van der Waals surface area contributed by atoms with E-state index in [0.29, 0.717) is 29.9 Å². The molecule has 5 heteroatoms. The van der Waals surface area contributed by atoms with Crippen molar-refractivity contribution in [3.63, 3.8) is 0 Å². The van der Waals surface area contributed by atoms with E-state index in [4.69, 9.17) is 4.74 Å². The topological polar surface area (TPSA) is 50.4 Å². The second kappa shape index (κ2) is 7.30. The first-order chi connectivity index (χ1) is 9.26. The van der Waals surface area contributed by atoms with Gasteiger partial charge in [0.05, 0.1) is 13.2 Å². The van der Waals surface area contributed by atoms with E-state index >= 15 is 0 Å². The lowest BCUT2D eigenvalue weighted by atomic mass is 9.63. The highest BCUT2D eigenvalue weighted by molar-refractivity contribution is 5.85. The first-order valence-electron chi connectivity index (χ1n) is 7.86. The van der Waals surface area contributed by atoms with E-state index < -0.39 is 0 Å². The van der Waals surface area contributed by atoms with Crippen LogP contribution < -0.4 is 10.6 Å². The Balaban J connectivity index is 0.00000220. The molecule has 0 radical (unpaired) electrons. The molecule has 2 fully saturated rings. The summed E-state index contributed by atoms with van der Waals surface area (Å²) in [5.74, 6) is 0.159. The van der Waals surface area contributed by atoms with Crippen LogP contribution in [0, 0.1) is 10.8 Å². The van der Waals surface area contributed by atoms with Gasteiger partial charge in [-0.1, -0.05) is 27.7 Å². The van der Waals surface area contributed by atoms with Crippen molar-refractivity contribution in [1.29, 1.82) is 0 Å². The second-order valence-corrected chi connectivity index (χ2v) is 8.11. The molecule has 1 heterocycles. The molecule has 1 amide bonds. The number of halogens is 1. The fourth-order valence-electron chi connectivity index (χ4n) is 4.21.